The number of rotatable bonds is 3. The van der Waals surface area contributed by atoms with Crippen LogP contribution >= 0.6 is 11.8 Å². The van der Waals surface area contributed by atoms with E-state index in [2.05, 4.69) is 21.6 Å². The van der Waals surface area contributed by atoms with Crippen LogP contribution in [-0.4, -0.2) is 21.2 Å². The Kier molecular flexibility index (Phi) is 4.81. The summed E-state index contributed by atoms with van der Waals surface area (Å²) in [5.74, 6) is 0.474. The van der Waals surface area contributed by atoms with Gasteiger partial charge in [-0.15, -0.1) is 0 Å². The summed E-state index contributed by atoms with van der Waals surface area (Å²) in [6.45, 7) is 3.98. The summed E-state index contributed by atoms with van der Waals surface area (Å²) in [6, 6.07) is 18.7. The van der Waals surface area contributed by atoms with Gasteiger partial charge >= 0.3 is 0 Å². The summed E-state index contributed by atoms with van der Waals surface area (Å²) in [5.41, 5.74) is 8.40. The lowest BCUT2D eigenvalue weighted by Gasteiger charge is -2.15. The number of nitrogens with zero attached hydrogens (tertiary/aromatic N) is 3. The highest BCUT2D eigenvalue weighted by Gasteiger charge is 2.20. The van der Waals surface area contributed by atoms with Crippen molar-refractivity contribution in [2.45, 2.75) is 13.8 Å². The molecule has 0 saturated carbocycles. The molecule has 1 aliphatic heterocycles. The molecule has 2 heterocycles. The van der Waals surface area contributed by atoms with E-state index in [0.717, 1.165) is 33.5 Å². The number of aliphatic imine (C=N–C) groups is 1. The topological polar surface area (TPSA) is 41.7 Å². The number of thioether (sulfide) groups is 1. The number of aryl methyl sites for hydroxylation is 1. The van der Waals surface area contributed by atoms with E-state index in [-0.39, 0.29) is 5.82 Å². The smallest absolute Gasteiger partial charge is 0.182 e. The molecule has 0 atom stereocenters. The van der Waals surface area contributed by atoms with E-state index in [1.807, 2.05) is 54.8 Å². The maximum absolute atomic E-state index is 14.3. The third-order valence-corrected chi connectivity index (χ3v) is 5.33. The first kappa shape index (κ1) is 17.5. The fourth-order valence-electron chi connectivity index (χ4n) is 3.19. The van der Waals surface area contributed by atoms with Gasteiger partial charge in [0.15, 0.2) is 5.17 Å². The predicted octanol–water partition coefficient (Wildman–Crippen LogP) is 4.96. The van der Waals surface area contributed by atoms with Crippen molar-refractivity contribution < 1.29 is 4.39 Å². The van der Waals surface area contributed by atoms with Gasteiger partial charge in [-0.3, -0.25) is 5.43 Å². The second-order valence-electron chi connectivity index (χ2n) is 6.28. The third kappa shape index (κ3) is 3.53. The quantitative estimate of drug-likeness (QED) is 0.700. The van der Waals surface area contributed by atoms with Gasteiger partial charge in [0.05, 0.1) is 17.1 Å². The minimum Gasteiger partial charge on any atom is -0.315 e. The van der Waals surface area contributed by atoms with Crippen LogP contribution in [0.3, 0.4) is 0 Å². The van der Waals surface area contributed by atoms with Crippen molar-refractivity contribution in [3.8, 4) is 5.69 Å². The highest BCUT2D eigenvalue weighted by Crippen LogP contribution is 2.25. The van der Waals surface area contributed by atoms with E-state index in [1.165, 1.54) is 6.07 Å². The van der Waals surface area contributed by atoms with Crippen LogP contribution < -0.4 is 5.43 Å². The van der Waals surface area contributed by atoms with Crippen molar-refractivity contribution in [1.82, 2.24) is 9.99 Å². The highest BCUT2D eigenvalue weighted by molar-refractivity contribution is 8.14. The second-order valence-corrected chi connectivity index (χ2v) is 7.25. The maximum Gasteiger partial charge on any atom is 0.182 e. The van der Waals surface area contributed by atoms with Crippen LogP contribution in [-0.2, 0) is 0 Å². The molecule has 136 valence electrons. The van der Waals surface area contributed by atoms with Crippen LogP contribution in [0, 0.1) is 19.7 Å². The van der Waals surface area contributed by atoms with Crippen LogP contribution in [0.15, 0.2) is 70.8 Å². The standard InChI is InChI=1S/C21H19FN4S/c1-14-12-17(15(2)26(14)20-11-7-6-10-18(20)22)19-13-27-21(25-24-19)23-16-8-4-3-5-9-16/h3-12H,13H2,1-2H3,(H,23,25). The zero-order valence-electron chi connectivity index (χ0n) is 15.1. The van der Waals surface area contributed by atoms with Gasteiger partial charge in [-0.25, -0.2) is 9.38 Å². The summed E-state index contributed by atoms with van der Waals surface area (Å²) in [5, 5.41) is 5.29. The molecule has 4 rings (SSSR count). The molecule has 6 heteroatoms. The van der Waals surface area contributed by atoms with Gasteiger partial charge in [-0.1, -0.05) is 42.1 Å². The zero-order valence-corrected chi connectivity index (χ0v) is 15.9. The average molecular weight is 378 g/mol. The Bertz CT molecular complexity index is 1040. The number of amidine groups is 1. The number of hydrazone groups is 1. The van der Waals surface area contributed by atoms with Crippen molar-refractivity contribution in [3.63, 3.8) is 0 Å². The van der Waals surface area contributed by atoms with E-state index in [0.29, 0.717) is 11.4 Å². The van der Waals surface area contributed by atoms with Crippen LogP contribution in [0.25, 0.3) is 5.69 Å². The SMILES string of the molecule is Cc1cc(C2=NNC(=Nc3ccccc3)SC2)c(C)n1-c1ccccc1F. The summed E-state index contributed by atoms with van der Waals surface area (Å²) >= 11 is 1.61. The van der Waals surface area contributed by atoms with Crippen molar-refractivity contribution >= 4 is 28.3 Å². The van der Waals surface area contributed by atoms with Crippen molar-refractivity contribution in [3.05, 3.63) is 83.4 Å². The molecule has 0 fully saturated rings. The number of benzene rings is 2. The largest absolute Gasteiger partial charge is 0.315 e. The van der Waals surface area contributed by atoms with Gasteiger partial charge < -0.3 is 4.57 Å². The number of hydrogen-bond donors (Lipinski definition) is 1. The highest BCUT2D eigenvalue weighted by atomic mass is 32.2. The van der Waals surface area contributed by atoms with Crippen LogP contribution in [0.4, 0.5) is 10.1 Å². The first-order valence-electron chi connectivity index (χ1n) is 8.67. The number of nitrogens with one attached hydrogen (secondary N) is 1. The zero-order chi connectivity index (χ0) is 18.8. The Hall–Kier alpha value is -2.86. The van der Waals surface area contributed by atoms with E-state index < -0.39 is 0 Å². The minimum atomic E-state index is -0.235. The van der Waals surface area contributed by atoms with Gasteiger partial charge in [-0.2, -0.15) is 5.10 Å². The lowest BCUT2D eigenvalue weighted by molar-refractivity contribution is 0.616. The third-order valence-electron chi connectivity index (χ3n) is 4.45. The Morgan fingerprint density at radius 1 is 1.07 bits per heavy atom. The van der Waals surface area contributed by atoms with Crippen LogP contribution in [0.5, 0.6) is 0 Å². The van der Waals surface area contributed by atoms with E-state index in [9.17, 15) is 4.39 Å². The van der Waals surface area contributed by atoms with Gasteiger partial charge in [-0.05, 0) is 44.2 Å². The van der Waals surface area contributed by atoms with Gasteiger partial charge in [0.25, 0.3) is 0 Å². The average Bonchev–Trinajstić information content (AvgIpc) is 2.98. The van der Waals surface area contributed by atoms with Crippen molar-refractivity contribution in [2.75, 3.05) is 5.75 Å². The summed E-state index contributed by atoms with van der Waals surface area (Å²) in [7, 11) is 0. The molecule has 1 aromatic heterocycles. The molecule has 0 bridgehead atoms. The van der Waals surface area contributed by atoms with Crippen LogP contribution in [0.2, 0.25) is 0 Å². The predicted molar refractivity (Wildman–Crippen MR) is 111 cm³/mol. The normalized spacial score (nSPS) is 15.5. The number of hydrogen-bond acceptors (Lipinski definition) is 3. The molecular weight excluding hydrogens is 359 g/mol. The second kappa shape index (κ2) is 7.40. The maximum atomic E-state index is 14.3. The van der Waals surface area contributed by atoms with Crippen molar-refractivity contribution in [2.24, 2.45) is 10.1 Å². The van der Waals surface area contributed by atoms with Gasteiger partial charge in [0, 0.05) is 22.7 Å². The lowest BCUT2D eigenvalue weighted by Crippen LogP contribution is -2.25. The summed E-state index contributed by atoms with van der Waals surface area (Å²) in [4.78, 5) is 4.56. The molecule has 0 saturated heterocycles. The molecule has 0 amide bonds. The Morgan fingerprint density at radius 3 is 2.52 bits per heavy atom. The molecule has 2 aromatic carbocycles. The summed E-state index contributed by atoms with van der Waals surface area (Å²) < 4.78 is 16.2. The van der Waals surface area contributed by atoms with E-state index in [4.69, 9.17) is 0 Å². The van der Waals surface area contributed by atoms with E-state index >= 15 is 0 Å². The molecular formula is C21H19FN4S. The molecule has 4 nitrogen and oxygen atoms in total. The first-order chi connectivity index (χ1) is 13.1. The molecule has 0 spiro atoms. The fraction of sp³-hybridized carbons (Fsp3) is 0.143. The number of halogens is 1. The fourth-order valence-corrected chi connectivity index (χ4v) is 3.96. The molecule has 0 aliphatic carbocycles. The van der Waals surface area contributed by atoms with Crippen molar-refractivity contribution in [1.29, 1.82) is 0 Å². The van der Waals surface area contributed by atoms with Gasteiger partial charge in [0.1, 0.15) is 5.82 Å². The number of para-hydroxylation sites is 2. The Morgan fingerprint density at radius 2 is 1.81 bits per heavy atom. The summed E-state index contributed by atoms with van der Waals surface area (Å²) in [6.07, 6.45) is 0. The molecule has 1 N–H and O–H groups in total. The first-order valence-corrected chi connectivity index (χ1v) is 9.65. The monoisotopic (exact) mass is 378 g/mol. The van der Waals surface area contributed by atoms with Gasteiger partial charge in [0.2, 0.25) is 0 Å². The Balaban J connectivity index is 1.63. The molecule has 3 aromatic rings. The Labute approximate surface area is 161 Å². The molecule has 1 aliphatic rings. The molecule has 0 unspecified atom stereocenters. The lowest BCUT2D eigenvalue weighted by atomic mass is 10.1. The number of aromatic nitrogens is 1. The van der Waals surface area contributed by atoms with Crippen LogP contribution in [0.1, 0.15) is 17.0 Å². The molecule has 0 radical (unpaired) electrons. The molecule has 27 heavy (non-hydrogen) atoms. The minimum absolute atomic E-state index is 0.235. The van der Waals surface area contributed by atoms with E-state index in [1.54, 1.807) is 23.9 Å².